The van der Waals surface area contributed by atoms with Crippen LogP contribution in [0.5, 0.6) is 0 Å². The number of carbonyl (C=O) groups is 2. The molecule has 2 saturated heterocycles. The molecule has 2 fully saturated rings. The minimum Gasteiger partial charge on any atom is -0.441 e. The van der Waals surface area contributed by atoms with Gasteiger partial charge in [-0.25, -0.2) is 4.79 Å². The highest BCUT2D eigenvalue weighted by molar-refractivity contribution is 5.98. The Bertz CT molecular complexity index is 851. The fraction of sp³-hybridized carbons (Fsp3) is 0.524. The van der Waals surface area contributed by atoms with Crippen molar-refractivity contribution in [1.29, 1.82) is 0 Å². The van der Waals surface area contributed by atoms with Gasteiger partial charge in [-0.15, -0.1) is 0 Å². The second-order valence-corrected chi connectivity index (χ2v) is 7.89. The number of rotatable bonds is 4. The number of piperidine rings is 1. The quantitative estimate of drug-likeness (QED) is 0.892. The van der Waals surface area contributed by atoms with Crippen LogP contribution in [0.25, 0.3) is 10.9 Å². The number of likely N-dealkylation sites (tertiary alicyclic amines) is 1. The molecule has 2 aliphatic heterocycles. The summed E-state index contributed by atoms with van der Waals surface area (Å²) in [7, 11) is 0. The van der Waals surface area contributed by atoms with Crippen LogP contribution in [0, 0.1) is 0 Å². The number of H-pyrrole nitrogens is 1. The number of fused-ring (bicyclic) bond motifs is 1. The molecule has 6 heteroatoms. The van der Waals surface area contributed by atoms with Crippen molar-refractivity contribution in [3.63, 3.8) is 0 Å². The number of carbonyl (C=O) groups excluding carboxylic acids is 2. The summed E-state index contributed by atoms with van der Waals surface area (Å²) < 4.78 is 5.80. The predicted molar refractivity (Wildman–Crippen MR) is 104 cm³/mol. The number of aromatic amines is 1. The van der Waals surface area contributed by atoms with Crippen LogP contribution in [0.4, 0.5) is 4.79 Å². The number of benzene rings is 1. The van der Waals surface area contributed by atoms with Crippen LogP contribution >= 0.6 is 0 Å². The molecule has 2 aliphatic rings. The van der Waals surface area contributed by atoms with Gasteiger partial charge in [-0.1, -0.05) is 13.3 Å². The number of ether oxygens (including phenoxy) is 1. The smallest absolute Gasteiger partial charge is 0.410 e. The lowest BCUT2D eigenvalue weighted by molar-refractivity contribution is 0.00307. The Morgan fingerprint density at radius 2 is 2.07 bits per heavy atom. The Morgan fingerprint density at radius 1 is 1.30 bits per heavy atom. The van der Waals surface area contributed by atoms with Gasteiger partial charge in [-0.05, 0) is 37.6 Å². The van der Waals surface area contributed by atoms with E-state index in [1.165, 1.54) is 0 Å². The topological polar surface area (TPSA) is 65.6 Å². The van der Waals surface area contributed by atoms with E-state index in [-0.39, 0.29) is 18.0 Å². The first-order valence-electron chi connectivity index (χ1n) is 9.87. The van der Waals surface area contributed by atoms with Crippen molar-refractivity contribution in [3.8, 4) is 0 Å². The maximum absolute atomic E-state index is 12.9. The van der Waals surface area contributed by atoms with Crippen LogP contribution in [-0.4, -0.2) is 58.1 Å². The van der Waals surface area contributed by atoms with Gasteiger partial charge in [0.2, 0.25) is 0 Å². The Kier molecular flexibility index (Phi) is 4.58. The largest absolute Gasteiger partial charge is 0.441 e. The summed E-state index contributed by atoms with van der Waals surface area (Å²) in [6.07, 6.45) is 5.11. The first-order chi connectivity index (χ1) is 13.0. The summed E-state index contributed by atoms with van der Waals surface area (Å²) in [5, 5.41) is 1.04. The van der Waals surface area contributed by atoms with E-state index in [1.54, 1.807) is 0 Å². The molecule has 6 nitrogen and oxygen atoms in total. The summed E-state index contributed by atoms with van der Waals surface area (Å²) in [5.74, 6) is 0.0495. The van der Waals surface area contributed by atoms with Crippen molar-refractivity contribution in [2.24, 2.45) is 0 Å². The van der Waals surface area contributed by atoms with Gasteiger partial charge in [-0.2, -0.15) is 0 Å². The van der Waals surface area contributed by atoms with Crippen LogP contribution in [-0.2, 0) is 4.74 Å². The van der Waals surface area contributed by atoms with Crippen molar-refractivity contribution in [2.75, 3.05) is 19.6 Å². The average Bonchev–Trinajstić information content (AvgIpc) is 3.26. The lowest BCUT2D eigenvalue weighted by Crippen LogP contribution is -2.49. The number of hydrogen-bond donors (Lipinski definition) is 1. The molecule has 2 aromatic rings. The average molecular weight is 369 g/mol. The Hall–Kier alpha value is -2.50. The molecule has 1 N–H and O–H groups in total. The van der Waals surface area contributed by atoms with Gasteiger partial charge in [0.05, 0.1) is 6.54 Å². The summed E-state index contributed by atoms with van der Waals surface area (Å²) in [4.78, 5) is 32.1. The van der Waals surface area contributed by atoms with Gasteiger partial charge in [0.15, 0.2) is 0 Å². The van der Waals surface area contributed by atoms with Crippen LogP contribution in [0.3, 0.4) is 0 Å². The number of nitrogens with zero attached hydrogens (tertiary/aromatic N) is 2. The Morgan fingerprint density at radius 3 is 2.81 bits per heavy atom. The van der Waals surface area contributed by atoms with Crippen molar-refractivity contribution >= 4 is 22.9 Å². The SMILES string of the molecule is CCCC(C)N1CC2(CCN(C(=O)c3ccc4[nH]ccc4c3)CC2)OC1=O. The number of hydrogen-bond acceptors (Lipinski definition) is 3. The second-order valence-electron chi connectivity index (χ2n) is 7.89. The standard InChI is InChI=1S/C21H27N3O3/c1-3-4-15(2)24-14-21(27-20(24)26)8-11-23(12-9-21)19(25)17-5-6-18-16(13-17)7-10-22-18/h5-7,10,13,15,22H,3-4,8-9,11-12,14H2,1-2H3. The van der Waals surface area contributed by atoms with Gasteiger partial charge in [0, 0.05) is 54.6 Å². The second kappa shape index (κ2) is 6.91. The molecule has 0 bridgehead atoms. The number of nitrogens with one attached hydrogen (secondary N) is 1. The number of aromatic nitrogens is 1. The first-order valence-corrected chi connectivity index (χ1v) is 9.87. The zero-order valence-corrected chi connectivity index (χ0v) is 16.0. The normalized spacial score (nSPS) is 20.3. The van der Waals surface area contributed by atoms with Crippen molar-refractivity contribution in [2.45, 2.75) is 51.2 Å². The zero-order valence-electron chi connectivity index (χ0n) is 16.0. The van der Waals surface area contributed by atoms with Gasteiger partial charge >= 0.3 is 6.09 Å². The van der Waals surface area contributed by atoms with E-state index >= 15 is 0 Å². The Balaban J connectivity index is 1.41. The molecule has 3 heterocycles. The molecule has 4 rings (SSSR count). The first kappa shape index (κ1) is 17.9. The van der Waals surface area contributed by atoms with Crippen LogP contribution in [0.1, 0.15) is 49.9 Å². The van der Waals surface area contributed by atoms with E-state index in [0.717, 1.165) is 23.7 Å². The Labute approximate surface area is 159 Å². The molecular weight excluding hydrogens is 342 g/mol. The third-order valence-corrected chi connectivity index (χ3v) is 6.00. The minimum absolute atomic E-state index is 0.0495. The van der Waals surface area contributed by atoms with Crippen molar-refractivity contribution < 1.29 is 14.3 Å². The minimum atomic E-state index is -0.430. The fourth-order valence-corrected chi connectivity index (χ4v) is 4.31. The molecule has 1 unspecified atom stereocenters. The monoisotopic (exact) mass is 369 g/mol. The molecule has 144 valence electrons. The number of amides is 2. The molecule has 27 heavy (non-hydrogen) atoms. The van der Waals surface area contributed by atoms with E-state index in [1.807, 2.05) is 40.3 Å². The third-order valence-electron chi connectivity index (χ3n) is 6.00. The molecule has 0 saturated carbocycles. The maximum atomic E-state index is 12.9. The fourth-order valence-electron chi connectivity index (χ4n) is 4.31. The van der Waals surface area contributed by atoms with E-state index < -0.39 is 5.60 Å². The highest BCUT2D eigenvalue weighted by atomic mass is 16.6. The van der Waals surface area contributed by atoms with Gasteiger partial charge in [0.25, 0.3) is 5.91 Å². The molecule has 0 aliphatic carbocycles. The van der Waals surface area contributed by atoms with E-state index in [2.05, 4.69) is 18.8 Å². The summed E-state index contributed by atoms with van der Waals surface area (Å²) in [6.45, 7) is 6.09. The molecule has 1 aromatic heterocycles. The van der Waals surface area contributed by atoms with Crippen LogP contribution in [0.2, 0.25) is 0 Å². The van der Waals surface area contributed by atoms with E-state index in [9.17, 15) is 9.59 Å². The molecule has 1 spiro atoms. The van der Waals surface area contributed by atoms with Crippen LogP contribution in [0.15, 0.2) is 30.5 Å². The van der Waals surface area contributed by atoms with Crippen molar-refractivity contribution in [1.82, 2.24) is 14.8 Å². The molecular formula is C21H27N3O3. The predicted octanol–water partition coefficient (Wildman–Crippen LogP) is 3.78. The lowest BCUT2D eigenvalue weighted by atomic mass is 9.90. The van der Waals surface area contributed by atoms with Crippen molar-refractivity contribution in [3.05, 3.63) is 36.0 Å². The lowest BCUT2D eigenvalue weighted by Gasteiger charge is -2.37. The summed E-state index contributed by atoms with van der Waals surface area (Å²) in [5.41, 5.74) is 1.31. The summed E-state index contributed by atoms with van der Waals surface area (Å²) in [6, 6.07) is 7.92. The molecule has 2 amide bonds. The molecule has 0 radical (unpaired) electrons. The zero-order chi connectivity index (χ0) is 19.0. The third kappa shape index (κ3) is 3.29. The van der Waals surface area contributed by atoms with Gasteiger partial charge in [-0.3, -0.25) is 4.79 Å². The van der Waals surface area contributed by atoms with Gasteiger partial charge < -0.3 is 19.5 Å². The van der Waals surface area contributed by atoms with Crippen LogP contribution < -0.4 is 0 Å². The molecule has 1 aromatic carbocycles. The van der Waals surface area contributed by atoms with E-state index in [0.29, 0.717) is 38.0 Å². The van der Waals surface area contributed by atoms with E-state index in [4.69, 9.17) is 4.74 Å². The summed E-state index contributed by atoms with van der Waals surface area (Å²) >= 11 is 0. The molecule has 1 atom stereocenters. The highest BCUT2D eigenvalue weighted by Gasteiger charge is 2.48. The maximum Gasteiger partial charge on any atom is 0.410 e. The van der Waals surface area contributed by atoms with Gasteiger partial charge in [0.1, 0.15) is 5.60 Å². The highest BCUT2D eigenvalue weighted by Crippen LogP contribution is 2.35.